The van der Waals surface area contributed by atoms with Crippen LogP contribution in [0.5, 0.6) is 0 Å². The van der Waals surface area contributed by atoms with E-state index in [-0.39, 0.29) is 5.76 Å². The lowest BCUT2D eigenvalue weighted by Crippen LogP contribution is -2.46. The summed E-state index contributed by atoms with van der Waals surface area (Å²) >= 11 is 0. The van der Waals surface area contributed by atoms with Crippen molar-refractivity contribution in [2.45, 2.75) is 25.4 Å². The van der Waals surface area contributed by atoms with E-state index in [1.54, 1.807) is 6.07 Å². The largest absolute Gasteiger partial charge is 0.475 e. The third-order valence-electron chi connectivity index (χ3n) is 3.72. The highest BCUT2D eigenvalue weighted by molar-refractivity contribution is 5.84. The molecule has 0 radical (unpaired) electrons. The van der Waals surface area contributed by atoms with Gasteiger partial charge in [-0.15, -0.1) is 0 Å². The Hall–Kier alpha value is -1.33. The number of nitrogens with zero attached hydrogens (tertiary/aromatic N) is 2. The summed E-state index contributed by atoms with van der Waals surface area (Å²) in [5.41, 5.74) is 0. The number of carbonyl (C=O) groups is 1. The van der Waals surface area contributed by atoms with Gasteiger partial charge in [0.15, 0.2) is 0 Å². The number of piperazine rings is 1. The molecule has 5 nitrogen and oxygen atoms in total. The first-order chi connectivity index (χ1) is 8.72. The van der Waals surface area contributed by atoms with Crippen LogP contribution in [0.25, 0.3) is 0 Å². The molecule has 1 aliphatic heterocycles. The maximum Gasteiger partial charge on any atom is 0.371 e. The van der Waals surface area contributed by atoms with Crippen molar-refractivity contribution in [2.24, 2.45) is 0 Å². The Labute approximate surface area is 106 Å². The summed E-state index contributed by atoms with van der Waals surface area (Å²) in [5, 5.41) is 8.79. The predicted molar refractivity (Wildman–Crippen MR) is 65.5 cm³/mol. The van der Waals surface area contributed by atoms with E-state index in [0.717, 1.165) is 38.0 Å². The number of carboxylic acids is 1. The lowest BCUT2D eigenvalue weighted by molar-refractivity contribution is 0.0655. The van der Waals surface area contributed by atoms with E-state index in [0.29, 0.717) is 6.54 Å². The second-order valence-corrected chi connectivity index (χ2v) is 5.11. The topological polar surface area (TPSA) is 56.9 Å². The van der Waals surface area contributed by atoms with Gasteiger partial charge in [-0.25, -0.2) is 4.79 Å². The smallest absolute Gasteiger partial charge is 0.371 e. The van der Waals surface area contributed by atoms with Crippen LogP contribution in [-0.4, -0.2) is 53.1 Å². The molecule has 1 N–H and O–H groups in total. The van der Waals surface area contributed by atoms with Gasteiger partial charge in [0.1, 0.15) is 5.76 Å². The SMILES string of the molecule is O=C(O)c1ccc(CN2CCN(C3CC3)CC2)o1. The van der Waals surface area contributed by atoms with Crippen molar-refractivity contribution in [1.29, 1.82) is 0 Å². The Bertz CT molecular complexity index is 431. The molecule has 2 heterocycles. The van der Waals surface area contributed by atoms with E-state index in [1.807, 2.05) is 0 Å². The predicted octanol–water partition coefficient (Wildman–Crippen LogP) is 1.26. The van der Waals surface area contributed by atoms with Crippen molar-refractivity contribution in [1.82, 2.24) is 9.80 Å². The fourth-order valence-corrected chi connectivity index (χ4v) is 2.52. The van der Waals surface area contributed by atoms with Crippen molar-refractivity contribution in [3.63, 3.8) is 0 Å². The highest BCUT2D eigenvalue weighted by Gasteiger charge is 2.31. The molecule has 1 saturated carbocycles. The molecule has 0 spiro atoms. The third-order valence-corrected chi connectivity index (χ3v) is 3.72. The van der Waals surface area contributed by atoms with Crippen LogP contribution < -0.4 is 0 Å². The maximum absolute atomic E-state index is 10.7. The van der Waals surface area contributed by atoms with Crippen molar-refractivity contribution >= 4 is 5.97 Å². The molecule has 0 unspecified atom stereocenters. The summed E-state index contributed by atoms with van der Waals surface area (Å²) in [6, 6.07) is 4.13. The van der Waals surface area contributed by atoms with Crippen molar-refractivity contribution in [2.75, 3.05) is 26.2 Å². The molecule has 2 fully saturated rings. The number of hydrogen-bond donors (Lipinski definition) is 1. The number of rotatable bonds is 4. The van der Waals surface area contributed by atoms with Crippen LogP contribution in [0.2, 0.25) is 0 Å². The zero-order chi connectivity index (χ0) is 12.5. The van der Waals surface area contributed by atoms with Crippen LogP contribution >= 0.6 is 0 Å². The molecule has 5 heteroatoms. The molecule has 1 aromatic heterocycles. The number of carboxylic acid groups (broad SMARTS) is 1. The molecule has 0 amide bonds. The average Bonchev–Trinajstić information content (AvgIpc) is 3.10. The lowest BCUT2D eigenvalue weighted by atomic mass is 10.3. The molecular weight excluding hydrogens is 232 g/mol. The minimum Gasteiger partial charge on any atom is -0.475 e. The van der Waals surface area contributed by atoms with E-state index in [2.05, 4.69) is 9.80 Å². The molecule has 3 rings (SSSR count). The first-order valence-electron chi connectivity index (χ1n) is 6.51. The molecule has 18 heavy (non-hydrogen) atoms. The van der Waals surface area contributed by atoms with Gasteiger partial charge in [-0.2, -0.15) is 0 Å². The Kier molecular flexibility index (Phi) is 3.09. The summed E-state index contributed by atoms with van der Waals surface area (Å²) in [4.78, 5) is 15.6. The first-order valence-corrected chi connectivity index (χ1v) is 6.51. The Balaban J connectivity index is 1.52. The van der Waals surface area contributed by atoms with Crippen LogP contribution in [0, 0.1) is 0 Å². The van der Waals surface area contributed by atoms with Crippen LogP contribution in [-0.2, 0) is 6.54 Å². The summed E-state index contributed by atoms with van der Waals surface area (Å²) in [6.45, 7) is 5.04. The van der Waals surface area contributed by atoms with E-state index in [9.17, 15) is 4.79 Å². The maximum atomic E-state index is 10.7. The van der Waals surface area contributed by atoms with Gasteiger partial charge >= 0.3 is 5.97 Å². The summed E-state index contributed by atoms with van der Waals surface area (Å²) in [6.07, 6.45) is 2.72. The first kappa shape index (κ1) is 11.7. The zero-order valence-corrected chi connectivity index (χ0v) is 10.3. The van der Waals surface area contributed by atoms with Gasteiger partial charge < -0.3 is 9.52 Å². The standard InChI is InChI=1S/C13H18N2O3/c16-13(17)12-4-3-11(18-12)9-14-5-7-15(8-6-14)10-1-2-10/h3-4,10H,1-2,5-9H2,(H,16,17). The molecule has 98 valence electrons. The highest BCUT2D eigenvalue weighted by Crippen LogP contribution is 2.27. The van der Waals surface area contributed by atoms with Gasteiger partial charge in [0, 0.05) is 32.2 Å². The van der Waals surface area contributed by atoms with Crippen LogP contribution in [0.15, 0.2) is 16.5 Å². The Morgan fingerprint density at radius 3 is 2.56 bits per heavy atom. The van der Waals surface area contributed by atoms with Crippen molar-refractivity contribution < 1.29 is 14.3 Å². The number of furan rings is 1. The van der Waals surface area contributed by atoms with Crippen LogP contribution in [0.1, 0.15) is 29.2 Å². The summed E-state index contributed by atoms with van der Waals surface area (Å²) in [5.74, 6) is -0.228. The van der Waals surface area contributed by atoms with Gasteiger partial charge in [0.05, 0.1) is 6.54 Å². The second-order valence-electron chi connectivity index (χ2n) is 5.11. The van der Waals surface area contributed by atoms with Crippen molar-refractivity contribution in [3.8, 4) is 0 Å². The molecule has 1 saturated heterocycles. The fraction of sp³-hybridized carbons (Fsp3) is 0.615. The number of aromatic carboxylic acids is 1. The van der Waals surface area contributed by atoms with Crippen LogP contribution in [0.3, 0.4) is 0 Å². The monoisotopic (exact) mass is 250 g/mol. The normalized spacial score (nSPS) is 22.2. The lowest BCUT2D eigenvalue weighted by Gasteiger charge is -2.34. The third kappa shape index (κ3) is 2.57. The Morgan fingerprint density at radius 1 is 1.28 bits per heavy atom. The van der Waals surface area contributed by atoms with E-state index in [1.165, 1.54) is 18.9 Å². The highest BCUT2D eigenvalue weighted by atomic mass is 16.4. The van der Waals surface area contributed by atoms with Gasteiger partial charge in [0.2, 0.25) is 5.76 Å². The molecule has 2 aliphatic rings. The second kappa shape index (κ2) is 4.74. The van der Waals surface area contributed by atoms with Crippen molar-refractivity contribution in [3.05, 3.63) is 23.7 Å². The van der Waals surface area contributed by atoms with E-state index in [4.69, 9.17) is 9.52 Å². The van der Waals surface area contributed by atoms with Crippen LogP contribution in [0.4, 0.5) is 0 Å². The molecule has 1 aromatic rings. The summed E-state index contributed by atoms with van der Waals surface area (Å²) < 4.78 is 5.28. The van der Waals surface area contributed by atoms with E-state index < -0.39 is 5.97 Å². The molecule has 0 atom stereocenters. The molecule has 0 bridgehead atoms. The van der Waals surface area contributed by atoms with Gasteiger partial charge in [0.25, 0.3) is 0 Å². The minimum absolute atomic E-state index is 0.0293. The number of hydrogen-bond acceptors (Lipinski definition) is 4. The molecule has 0 aromatic carbocycles. The molecule has 1 aliphatic carbocycles. The van der Waals surface area contributed by atoms with Gasteiger partial charge in [-0.3, -0.25) is 9.80 Å². The Morgan fingerprint density at radius 2 is 2.00 bits per heavy atom. The summed E-state index contributed by atoms with van der Waals surface area (Å²) in [7, 11) is 0. The van der Waals surface area contributed by atoms with E-state index >= 15 is 0 Å². The zero-order valence-electron chi connectivity index (χ0n) is 10.3. The van der Waals surface area contributed by atoms with Gasteiger partial charge in [-0.1, -0.05) is 0 Å². The van der Waals surface area contributed by atoms with Gasteiger partial charge in [-0.05, 0) is 25.0 Å². The fourth-order valence-electron chi connectivity index (χ4n) is 2.52. The minimum atomic E-state index is -1.00. The molecular formula is C13H18N2O3. The quantitative estimate of drug-likeness (QED) is 0.871. The average molecular weight is 250 g/mol.